The number of ether oxygens (including phenoxy) is 1. The second kappa shape index (κ2) is 7.59. The molecule has 0 amide bonds. The molecule has 122 valence electrons. The van der Waals surface area contributed by atoms with E-state index < -0.39 is 0 Å². The van der Waals surface area contributed by atoms with Crippen LogP contribution in [0.25, 0.3) is 11.4 Å². The number of aromatic nitrogens is 2. The summed E-state index contributed by atoms with van der Waals surface area (Å²) in [6.45, 7) is -0.0665. The van der Waals surface area contributed by atoms with Crippen LogP contribution in [-0.4, -0.2) is 16.1 Å². The number of carbonyl (C=O) groups excluding carboxylic acids is 1. The van der Waals surface area contributed by atoms with Crippen LogP contribution in [0.4, 0.5) is 0 Å². The molecule has 3 rings (SSSR count). The molecule has 1 aromatic heterocycles. The summed E-state index contributed by atoms with van der Waals surface area (Å²) in [5, 5.41) is 4.44. The van der Waals surface area contributed by atoms with Crippen LogP contribution in [-0.2, 0) is 22.6 Å². The van der Waals surface area contributed by atoms with Gasteiger partial charge in [0.05, 0.1) is 6.42 Å². The summed E-state index contributed by atoms with van der Waals surface area (Å²) < 4.78 is 11.2. The molecule has 1 heterocycles. The van der Waals surface area contributed by atoms with Gasteiger partial charge in [-0.15, -0.1) is 0 Å². The van der Waals surface area contributed by atoms with Gasteiger partial charge in [0.15, 0.2) is 6.61 Å². The Bertz CT molecular complexity index is 849. The molecule has 0 bridgehead atoms. The van der Waals surface area contributed by atoms with E-state index in [-0.39, 0.29) is 24.9 Å². The minimum Gasteiger partial charge on any atom is -0.455 e. The first-order valence-corrected chi connectivity index (χ1v) is 8.26. The largest absolute Gasteiger partial charge is 0.455 e. The average molecular weight is 408 g/mol. The number of rotatable bonds is 5. The highest BCUT2D eigenvalue weighted by Crippen LogP contribution is 2.20. The van der Waals surface area contributed by atoms with Gasteiger partial charge in [-0.2, -0.15) is 4.98 Å². The van der Waals surface area contributed by atoms with Gasteiger partial charge in [0.2, 0.25) is 5.82 Å². The van der Waals surface area contributed by atoms with Crippen molar-refractivity contribution in [3.63, 3.8) is 0 Å². The maximum atomic E-state index is 11.9. The van der Waals surface area contributed by atoms with Gasteiger partial charge in [0.25, 0.3) is 5.89 Å². The summed E-state index contributed by atoms with van der Waals surface area (Å²) in [6, 6.07) is 14.6. The SMILES string of the molecule is O=C(Cc1ccc(Br)cc1)OCc1nc(-c2cccc(Cl)c2)no1. The van der Waals surface area contributed by atoms with Gasteiger partial charge < -0.3 is 9.26 Å². The Morgan fingerprint density at radius 3 is 2.75 bits per heavy atom. The van der Waals surface area contributed by atoms with Crippen molar-refractivity contribution in [2.45, 2.75) is 13.0 Å². The highest BCUT2D eigenvalue weighted by Gasteiger charge is 2.12. The van der Waals surface area contributed by atoms with E-state index in [1.54, 1.807) is 18.2 Å². The molecule has 24 heavy (non-hydrogen) atoms. The van der Waals surface area contributed by atoms with Crippen LogP contribution in [0.15, 0.2) is 57.5 Å². The molecular formula is C17H12BrClN2O3. The third kappa shape index (κ3) is 4.43. The molecule has 0 aliphatic carbocycles. The lowest BCUT2D eigenvalue weighted by atomic mass is 10.2. The highest BCUT2D eigenvalue weighted by molar-refractivity contribution is 9.10. The molecule has 0 aliphatic rings. The number of nitrogens with zero attached hydrogens (tertiary/aromatic N) is 2. The standard InChI is InChI=1S/C17H12BrClN2O3/c18-13-6-4-11(5-7-13)8-16(22)23-10-15-20-17(21-24-15)12-2-1-3-14(19)9-12/h1-7,9H,8,10H2. The Balaban J connectivity index is 1.57. The fourth-order valence-corrected chi connectivity index (χ4v) is 2.48. The number of hydrogen-bond acceptors (Lipinski definition) is 5. The van der Waals surface area contributed by atoms with Crippen molar-refractivity contribution in [2.75, 3.05) is 0 Å². The minimum atomic E-state index is -0.361. The fourth-order valence-electron chi connectivity index (χ4n) is 2.02. The Morgan fingerprint density at radius 2 is 2.00 bits per heavy atom. The van der Waals surface area contributed by atoms with Gasteiger partial charge in [0, 0.05) is 15.1 Å². The predicted octanol–water partition coefficient (Wildman–Crippen LogP) is 4.44. The molecular weight excluding hydrogens is 396 g/mol. The maximum Gasteiger partial charge on any atom is 0.310 e. The Kier molecular flexibility index (Phi) is 5.27. The highest BCUT2D eigenvalue weighted by atomic mass is 79.9. The molecule has 0 saturated heterocycles. The number of carbonyl (C=O) groups is 1. The molecule has 0 aliphatic heterocycles. The topological polar surface area (TPSA) is 65.2 Å². The monoisotopic (exact) mass is 406 g/mol. The van der Waals surface area contributed by atoms with Gasteiger partial charge in [0.1, 0.15) is 0 Å². The first kappa shape index (κ1) is 16.7. The van der Waals surface area contributed by atoms with Crippen molar-refractivity contribution in [1.82, 2.24) is 10.1 Å². The second-order valence-electron chi connectivity index (χ2n) is 4.99. The van der Waals surface area contributed by atoms with E-state index in [1.165, 1.54) is 0 Å². The smallest absolute Gasteiger partial charge is 0.310 e. The third-order valence-corrected chi connectivity index (χ3v) is 3.93. The summed E-state index contributed by atoms with van der Waals surface area (Å²) in [5.74, 6) is 0.269. The minimum absolute atomic E-state index is 0.0665. The van der Waals surface area contributed by atoms with Crippen molar-refractivity contribution >= 4 is 33.5 Å². The van der Waals surface area contributed by atoms with Gasteiger partial charge in [-0.3, -0.25) is 4.79 Å². The summed E-state index contributed by atoms with van der Waals surface area (Å²) in [6.07, 6.45) is 0.183. The molecule has 3 aromatic rings. The van der Waals surface area contributed by atoms with E-state index in [4.69, 9.17) is 20.9 Å². The third-order valence-electron chi connectivity index (χ3n) is 3.17. The Morgan fingerprint density at radius 1 is 1.21 bits per heavy atom. The van der Waals surface area contributed by atoms with Crippen LogP contribution in [0.1, 0.15) is 11.5 Å². The van der Waals surface area contributed by atoms with Crippen molar-refractivity contribution < 1.29 is 14.1 Å². The number of benzene rings is 2. The Labute approximate surface area is 151 Å². The quantitative estimate of drug-likeness (QED) is 0.585. The zero-order valence-corrected chi connectivity index (χ0v) is 14.8. The zero-order valence-electron chi connectivity index (χ0n) is 12.4. The lowest BCUT2D eigenvalue weighted by Crippen LogP contribution is -2.08. The molecule has 2 aromatic carbocycles. The van der Waals surface area contributed by atoms with Crippen molar-refractivity contribution in [1.29, 1.82) is 0 Å². The second-order valence-corrected chi connectivity index (χ2v) is 6.34. The van der Waals surface area contributed by atoms with Crippen LogP contribution in [0, 0.1) is 0 Å². The molecule has 5 nitrogen and oxygen atoms in total. The van der Waals surface area contributed by atoms with E-state index in [1.807, 2.05) is 30.3 Å². The molecule has 0 spiro atoms. The van der Waals surface area contributed by atoms with Gasteiger partial charge in [-0.05, 0) is 29.8 Å². The first-order valence-electron chi connectivity index (χ1n) is 7.09. The van der Waals surface area contributed by atoms with Crippen LogP contribution >= 0.6 is 27.5 Å². The molecule has 0 atom stereocenters. The molecule has 0 N–H and O–H groups in total. The summed E-state index contributed by atoms with van der Waals surface area (Å²) >= 11 is 9.28. The Hall–Kier alpha value is -2.18. The fraction of sp³-hybridized carbons (Fsp3) is 0.118. The van der Waals surface area contributed by atoms with Crippen molar-refractivity contribution in [3.8, 4) is 11.4 Å². The summed E-state index contributed by atoms with van der Waals surface area (Å²) in [4.78, 5) is 16.0. The molecule has 7 heteroatoms. The molecule has 0 unspecified atom stereocenters. The van der Waals surface area contributed by atoms with Crippen molar-refractivity contribution in [2.24, 2.45) is 0 Å². The van der Waals surface area contributed by atoms with Crippen LogP contribution in [0.5, 0.6) is 0 Å². The zero-order chi connectivity index (χ0) is 16.9. The number of hydrogen-bond donors (Lipinski definition) is 0. The maximum absolute atomic E-state index is 11.9. The van der Waals surface area contributed by atoms with Gasteiger partial charge >= 0.3 is 5.97 Å². The first-order chi connectivity index (χ1) is 11.6. The van der Waals surface area contributed by atoms with Crippen LogP contribution in [0.2, 0.25) is 5.02 Å². The van der Waals surface area contributed by atoms with Crippen molar-refractivity contribution in [3.05, 3.63) is 69.5 Å². The van der Waals surface area contributed by atoms with E-state index in [0.717, 1.165) is 15.6 Å². The predicted molar refractivity (Wildman–Crippen MR) is 92.4 cm³/mol. The number of halogens is 2. The summed E-state index contributed by atoms with van der Waals surface area (Å²) in [5.41, 5.74) is 1.60. The van der Waals surface area contributed by atoms with Crippen LogP contribution < -0.4 is 0 Å². The number of esters is 1. The lowest BCUT2D eigenvalue weighted by Gasteiger charge is -2.02. The average Bonchev–Trinajstić information content (AvgIpc) is 3.04. The molecule has 0 fully saturated rings. The van der Waals surface area contributed by atoms with E-state index in [2.05, 4.69) is 26.1 Å². The summed E-state index contributed by atoms with van der Waals surface area (Å²) in [7, 11) is 0. The normalized spacial score (nSPS) is 10.6. The van der Waals surface area contributed by atoms with Gasteiger partial charge in [-0.1, -0.05) is 57.0 Å². The van der Waals surface area contributed by atoms with Crippen LogP contribution in [0.3, 0.4) is 0 Å². The molecule has 0 saturated carbocycles. The molecule has 0 radical (unpaired) electrons. The van der Waals surface area contributed by atoms with Gasteiger partial charge in [-0.25, -0.2) is 0 Å². The van der Waals surface area contributed by atoms with E-state index in [9.17, 15) is 4.79 Å². The van der Waals surface area contributed by atoms with E-state index >= 15 is 0 Å². The van der Waals surface area contributed by atoms with E-state index in [0.29, 0.717) is 10.8 Å². The lowest BCUT2D eigenvalue weighted by molar-refractivity contribution is -0.144.